The molecule has 1 N–H and O–H groups in total. The molecule has 0 fully saturated rings. The van der Waals surface area contributed by atoms with Crippen LogP contribution in [0.25, 0.3) is 6.08 Å². The van der Waals surface area contributed by atoms with Crippen molar-refractivity contribution in [3.63, 3.8) is 0 Å². The first kappa shape index (κ1) is 21.2. The summed E-state index contributed by atoms with van der Waals surface area (Å²) >= 11 is 3.32. The topological polar surface area (TPSA) is 54.5 Å². The normalized spacial score (nSPS) is 12.4. The molecular formula is C22H25N3O2S2. The van der Waals surface area contributed by atoms with Gasteiger partial charge in [0, 0.05) is 22.9 Å². The minimum atomic E-state index is -0.104. The molecule has 1 aromatic carbocycles. The average Bonchev–Trinajstić information content (AvgIpc) is 3.37. The molecule has 1 amide bonds. The lowest BCUT2D eigenvalue weighted by atomic mass is 10.2. The van der Waals surface area contributed by atoms with E-state index in [1.807, 2.05) is 56.7 Å². The van der Waals surface area contributed by atoms with Crippen molar-refractivity contribution in [1.82, 2.24) is 15.2 Å². The Hall–Kier alpha value is -2.48. The van der Waals surface area contributed by atoms with Crippen LogP contribution in [0.5, 0.6) is 5.75 Å². The molecule has 0 saturated heterocycles. The molecule has 2 aromatic heterocycles. The third-order valence-corrected chi connectivity index (χ3v) is 6.12. The van der Waals surface area contributed by atoms with E-state index in [0.717, 1.165) is 22.0 Å². The second kappa shape index (κ2) is 10.3. The SMILES string of the molecule is Cc1nc(COc2ccc(/C=C/C(=O)NCC(c3cccs3)N(C)C)cc2)cs1. The summed E-state index contributed by atoms with van der Waals surface area (Å²) in [5.74, 6) is 0.676. The number of hydrogen-bond donors (Lipinski definition) is 1. The number of nitrogens with zero attached hydrogens (tertiary/aromatic N) is 2. The number of aryl methyl sites for hydroxylation is 1. The van der Waals surface area contributed by atoms with Gasteiger partial charge in [-0.2, -0.15) is 0 Å². The zero-order valence-electron chi connectivity index (χ0n) is 16.8. The Labute approximate surface area is 179 Å². The van der Waals surface area contributed by atoms with E-state index in [1.165, 1.54) is 4.88 Å². The highest BCUT2D eigenvalue weighted by molar-refractivity contribution is 7.10. The third-order valence-electron chi connectivity index (χ3n) is 4.33. The molecule has 7 heteroatoms. The summed E-state index contributed by atoms with van der Waals surface area (Å²) in [7, 11) is 4.04. The van der Waals surface area contributed by atoms with Crippen molar-refractivity contribution in [1.29, 1.82) is 0 Å². The first-order chi connectivity index (χ1) is 14.0. The summed E-state index contributed by atoms with van der Waals surface area (Å²) in [5, 5.41) is 8.08. The van der Waals surface area contributed by atoms with Crippen molar-refractivity contribution in [3.8, 4) is 5.75 Å². The molecule has 1 unspecified atom stereocenters. The van der Waals surface area contributed by atoms with Crippen LogP contribution in [0.1, 0.15) is 27.2 Å². The fourth-order valence-electron chi connectivity index (χ4n) is 2.75. The summed E-state index contributed by atoms with van der Waals surface area (Å²) in [5.41, 5.74) is 1.88. The number of carbonyl (C=O) groups excluding carboxylic acids is 1. The summed E-state index contributed by atoms with van der Waals surface area (Å²) < 4.78 is 5.75. The van der Waals surface area contributed by atoms with Gasteiger partial charge in [-0.1, -0.05) is 18.2 Å². The fraction of sp³-hybridized carbons (Fsp3) is 0.273. The monoisotopic (exact) mass is 427 g/mol. The number of thiazole rings is 1. The van der Waals surface area contributed by atoms with E-state index in [-0.39, 0.29) is 11.9 Å². The Morgan fingerprint density at radius 3 is 2.66 bits per heavy atom. The van der Waals surface area contributed by atoms with E-state index in [0.29, 0.717) is 13.2 Å². The molecule has 152 valence electrons. The minimum Gasteiger partial charge on any atom is -0.487 e. The van der Waals surface area contributed by atoms with Crippen molar-refractivity contribution in [2.24, 2.45) is 0 Å². The van der Waals surface area contributed by atoms with Crippen LogP contribution in [0.15, 0.2) is 53.2 Å². The van der Waals surface area contributed by atoms with Crippen molar-refractivity contribution >= 4 is 34.7 Å². The average molecular weight is 428 g/mol. The van der Waals surface area contributed by atoms with Crippen LogP contribution < -0.4 is 10.1 Å². The molecular weight excluding hydrogens is 402 g/mol. The molecule has 29 heavy (non-hydrogen) atoms. The number of benzene rings is 1. The summed E-state index contributed by atoms with van der Waals surface area (Å²) in [4.78, 5) is 19.9. The van der Waals surface area contributed by atoms with Crippen LogP contribution in [0.2, 0.25) is 0 Å². The van der Waals surface area contributed by atoms with Crippen LogP contribution in [0.4, 0.5) is 0 Å². The zero-order valence-corrected chi connectivity index (χ0v) is 18.4. The predicted molar refractivity (Wildman–Crippen MR) is 120 cm³/mol. The molecule has 1 atom stereocenters. The van der Waals surface area contributed by atoms with Gasteiger partial charge in [-0.25, -0.2) is 4.98 Å². The van der Waals surface area contributed by atoms with Crippen LogP contribution in [0, 0.1) is 6.92 Å². The van der Waals surface area contributed by atoms with Gasteiger partial charge < -0.3 is 15.0 Å². The number of hydrogen-bond acceptors (Lipinski definition) is 6. The Kier molecular flexibility index (Phi) is 7.57. The van der Waals surface area contributed by atoms with Gasteiger partial charge >= 0.3 is 0 Å². The van der Waals surface area contributed by atoms with Crippen molar-refractivity contribution in [2.75, 3.05) is 20.6 Å². The van der Waals surface area contributed by atoms with Gasteiger partial charge in [0.15, 0.2) is 0 Å². The van der Waals surface area contributed by atoms with Crippen LogP contribution in [-0.2, 0) is 11.4 Å². The van der Waals surface area contributed by atoms with Crippen LogP contribution in [-0.4, -0.2) is 36.4 Å². The summed E-state index contributed by atoms with van der Waals surface area (Å²) in [6, 6.07) is 12.0. The lowest BCUT2D eigenvalue weighted by Crippen LogP contribution is -2.33. The van der Waals surface area contributed by atoms with Gasteiger partial charge in [-0.15, -0.1) is 22.7 Å². The van der Waals surface area contributed by atoms with E-state index in [9.17, 15) is 4.79 Å². The maximum Gasteiger partial charge on any atom is 0.244 e. The standard InChI is InChI=1S/C22H25N3O2S2/c1-16-24-18(15-29-16)14-27-19-9-6-17(7-10-19)8-11-22(26)23-13-20(25(2)3)21-5-4-12-28-21/h4-12,15,20H,13-14H2,1-3H3,(H,23,26)/b11-8+. The summed E-state index contributed by atoms with van der Waals surface area (Å²) in [6.07, 6.45) is 3.37. The lowest BCUT2D eigenvalue weighted by molar-refractivity contribution is -0.116. The Balaban J connectivity index is 1.48. The first-order valence-electron chi connectivity index (χ1n) is 9.31. The molecule has 0 spiro atoms. The molecule has 2 heterocycles. The Morgan fingerprint density at radius 2 is 2.03 bits per heavy atom. The lowest BCUT2D eigenvalue weighted by Gasteiger charge is -2.23. The van der Waals surface area contributed by atoms with Crippen molar-refractivity contribution < 1.29 is 9.53 Å². The van der Waals surface area contributed by atoms with Crippen LogP contribution in [0.3, 0.4) is 0 Å². The molecule has 3 aromatic rings. The van der Waals surface area contributed by atoms with Crippen molar-refractivity contribution in [2.45, 2.75) is 19.6 Å². The zero-order chi connectivity index (χ0) is 20.6. The largest absolute Gasteiger partial charge is 0.487 e. The van der Waals surface area contributed by atoms with Gasteiger partial charge in [0.2, 0.25) is 5.91 Å². The van der Waals surface area contributed by atoms with E-state index in [2.05, 4.69) is 26.6 Å². The molecule has 0 aliphatic heterocycles. The maximum absolute atomic E-state index is 12.2. The van der Waals surface area contributed by atoms with Gasteiger partial charge in [0.05, 0.1) is 16.7 Å². The quantitative estimate of drug-likeness (QED) is 0.510. The van der Waals surface area contributed by atoms with E-state index in [1.54, 1.807) is 34.8 Å². The second-order valence-electron chi connectivity index (χ2n) is 6.79. The fourth-order valence-corrected chi connectivity index (χ4v) is 4.27. The number of nitrogens with one attached hydrogen (secondary N) is 1. The van der Waals surface area contributed by atoms with E-state index < -0.39 is 0 Å². The number of amides is 1. The number of carbonyl (C=O) groups is 1. The van der Waals surface area contributed by atoms with E-state index in [4.69, 9.17) is 4.74 Å². The molecule has 0 saturated carbocycles. The van der Waals surface area contributed by atoms with Gasteiger partial charge in [-0.05, 0) is 56.2 Å². The number of rotatable bonds is 9. The molecule has 5 nitrogen and oxygen atoms in total. The minimum absolute atomic E-state index is 0.104. The van der Waals surface area contributed by atoms with E-state index >= 15 is 0 Å². The van der Waals surface area contributed by atoms with Crippen molar-refractivity contribution in [3.05, 3.63) is 74.4 Å². The van der Waals surface area contributed by atoms with Gasteiger partial charge in [0.1, 0.15) is 12.4 Å². The number of aromatic nitrogens is 1. The molecule has 0 aliphatic rings. The number of thiophene rings is 1. The molecule has 0 bridgehead atoms. The highest BCUT2D eigenvalue weighted by atomic mass is 32.1. The number of ether oxygens (including phenoxy) is 1. The Bertz CT molecular complexity index is 931. The van der Waals surface area contributed by atoms with Gasteiger partial charge in [-0.3, -0.25) is 4.79 Å². The highest BCUT2D eigenvalue weighted by Crippen LogP contribution is 2.22. The molecule has 0 radical (unpaired) electrons. The van der Waals surface area contributed by atoms with Crippen LogP contribution >= 0.6 is 22.7 Å². The third kappa shape index (κ3) is 6.52. The predicted octanol–water partition coefficient (Wildman–Crippen LogP) is 4.52. The first-order valence-corrected chi connectivity index (χ1v) is 11.1. The smallest absolute Gasteiger partial charge is 0.244 e. The Morgan fingerprint density at radius 1 is 1.24 bits per heavy atom. The maximum atomic E-state index is 12.2. The van der Waals surface area contributed by atoms with Gasteiger partial charge in [0.25, 0.3) is 0 Å². The number of likely N-dealkylation sites (N-methyl/N-ethyl adjacent to an activating group) is 1. The molecule has 3 rings (SSSR count). The summed E-state index contributed by atoms with van der Waals surface area (Å²) in [6.45, 7) is 3.01. The molecule has 0 aliphatic carbocycles. The highest BCUT2D eigenvalue weighted by Gasteiger charge is 2.15. The second-order valence-corrected chi connectivity index (χ2v) is 8.83.